The quantitative estimate of drug-likeness (QED) is 0.781. The minimum atomic E-state index is -1.26. The van der Waals surface area contributed by atoms with Crippen LogP contribution in [0.25, 0.3) is 0 Å². The number of hydrogen-bond donors (Lipinski definition) is 2. The van der Waals surface area contributed by atoms with Crippen LogP contribution in [-0.4, -0.2) is 60.1 Å². The molecule has 1 rings (SSSR count). The average Bonchev–Trinajstić information content (AvgIpc) is 2.36. The molecule has 1 amide bonds. The van der Waals surface area contributed by atoms with Crippen molar-refractivity contribution in [1.82, 2.24) is 4.90 Å². The summed E-state index contributed by atoms with van der Waals surface area (Å²) in [7, 11) is 3.60. The SMILES string of the molecule is CN(C)c1cccc(C(=O)N(CC(=O)O)CC(=O)O)c1. The van der Waals surface area contributed by atoms with Gasteiger partial charge in [-0.05, 0) is 18.2 Å². The Hall–Kier alpha value is -2.57. The molecule has 0 fully saturated rings. The molecule has 0 aromatic heterocycles. The highest BCUT2D eigenvalue weighted by Crippen LogP contribution is 2.15. The molecular weight excluding hydrogens is 264 g/mol. The number of benzene rings is 1. The second-order valence-electron chi connectivity index (χ2n) is 4.39. The van der Waals surface area contributed by atoms with Gasteiger partial charge in [-0.25, -0.2) is 0 Å². The molecule has 20 heavy (non-hydrogen) atoms. The van der Waals surface area contributed by atoms with E-state index in [-0.39, 0.29) is 5.56 Å². The fourth-order valence-corrected chi connectivity index (χ4v) is 1.63. The maximum absolute atomic E-state index is 12.2. The van der Waals surface area contributed by atoms with E-state index in [1.807, 2.05) is 0 Å². The number of hydrogen-bond acceptors (Lipinski definition) is 4. The summed E-state index contributed by atoms with van der Waals surface area (Å²) in [6.45, 7) is -1.31. The van der Waals surface area contributed by atoms with Crippen molar-refractivity contribution in [1.29, 1.82) is 0 Å². The van der Waals surface area contributed by atoms with E-state index in [4.69, 9.17) is 10.2 Å². The monoisotopic (exact) mass is 280 g/mol. The second kappa shape index (κ2) is 6.55. The molecule has 1 aromatic rings. The van der Waals surface area contributed by atoms with Crippen LogP contribution in [0.4, 0.5) is 5.69 Å². The van der Waals surface area contributed by atoms with Gasteiger partial charge < -0.3 is 20.0 Å². The predicted octanol–water partition coefficient (Wildman–Crippen LogP) is 0.364. The first-order chi connectivity index (χ1) is 9.31. The summed E-state index contributed by atoms with van der Waals surface area (Å²) in [5.74, 6) is -3.15. The minimum absolute atomic E-state index is 0.249. The zero-order valence-electron chi connectivity index (χ0n) is 11.2. The summed E-state index contributed by atoms with van der Waals surface area (Å²) >= 11 is 0. The summed E-state index contributed by atoms with van der Waals surface area (Å²) in [6, 6.07) is 6.54. The van der Waals surface area contributed by atoms with Crippen molar-refractivity contribution >= 4 is 23.5 Å². The van der Waals surface area contributed by atoms with Crippen molar-refractivity contribution in [3.8, 4) is 0 Å². The third-order valence-electron chi connectivity index (χ3n) is 2.55. The van der Waals surface area contributed by atoms with E-state index in [0.717, 1.165) is 10.6 Å². The maximum Gasteiger partial charge on any atom is 0.323 e. The van der Waals surface area contributed by atoms with Crippen LogP contribution in [0.3, 0.4) is 0 Å². The van der Waals surface area contributed by atoms with Crippen molar-refractivity contribution in [3.05, 3.63) is 29.8 Å². The molecule has 0 unspecified atom stereocenters. The molecule has 0 spiro atoms. The molecule has 0 radical (unpaired) electrons. The van der Waals surface area contributed by atoms with E-state index in [9.17, 15) is 14.4 Å². The van der Waals surface area contributed by atoms with Gasteiger partial charge in [-0.3, -0.25) is 14.4 Å². The third kappa shape index (κ3) is 4.27. The largest absolute Gasteiger partial charge is 0.480 e. The lowest BCUT2D eigenvalue weighted by molar-refractivity contribution is -0.140. The summed E-state index contributed by atoms with van der Waals surface area (Å²) in [5, 5.41) is 17.5. The number of anilines is 1. The van der Waals surface area contributed by atoms with Gasteiger partial charge in [0.05, 0.1) is 0 Å². The molecule has 0 bridgehead atoms. The number of aliphatic carboxylic acids is 2. The summed E-state index contributed by atoms with van der Waals surface area (Å²) in [4.78, 5) is 36.2. The molecule has 0 aliphatic heterocycles. The van der Waals surface area contributed by atoms with Crippen LogP contribution in [0.2, 0.25) is 0 Å². The Labute approximate surface area is 116 Å². The Bertz CT molecular complexity index is 511. The highest BCUT2D eigenvalue weighted by molar-refractivity contribution is 5.98. The number of carboxylic acids is 2. The maximum atomic E-state index is 12.2. The van der Waals surface area contributed by atoms with Crippen molar-refractivity contribution < 1.29 is 24.6 Å². The minimum Gasteiger partial charge on any atom is -0.480 e. The molecule has 0 saturated carbocycles. The molecule has 108 valence electrons. The molecule has 0 aliphatic rings. The number of rotatable bonds is 6. The summed E-state index contributed by atoms with van der Waals surface area (Å²) < 4.78 is 0. The Morgan fingerprint density at radius 1 is 1.05 bits per heavy atom. The van der Waals surface area contributed by atoms with Gasteiger partial charge in [0.15, 0.2) is 0 Å². The molecule has 0 heterocycles. The third-order valence-corrected chi connectivity index (χ3v) is 2.55. The number of amides is 1. The van der Waals surface area contributed by atoms with Gasteiger partial charge in [0, 0.05) is 25.3 Å². The fourth-order valence-electron chi connectivity index (χ4n) is 1.63. The van der Waals surface area contributed by atoms with Crippen molar-refractivity contribution in [2.24, 2.45) is 0 Å². The van der Waals surface area contributed by atoms with Crippen molar-refractivity contribution in [2.45, 2.75) is 0 Å². The van der Waals surface area contributed by atoms with Crippen molar-refractivity contribution in [3.63, 3.8) is 0 Å². The van der Waals surface area contributed by atoms with E-state index in [0.29, 0.717) is 0 Å². The second-order valence-corrected chi connectivity index (χ2v) is 4.39. The van der Waals surface area contributed by atoms with Gasteiger partial charge in [0.25, 0.3) is 5.91 Å². The molecule has 0 aliphatic carbocycles. The van der Waals surface area contributed by atoms with Gasteiger partial charge in [0.1, 0.15) is 13.1 Å². The number of carboxylic acid groups (broad SMARTS) is 2. The lowest BCUT2D eigenvalue weighted by Crippen LogP contribution is -2.39. The van der Waals surface area contributed by atoms with Gasteiger partial charge in [-0.15, -0.1) is 0 Å². The molecule has 2 N–H and O–H groups in total. The normalized spacial score (nSPS) is 9.90. The molecular formula is C13H16N2O5. The molecule has 7 nitrogen and oxygen atoms in total. The standard InChI is InChI=1S/C13H16N2O5/c1-14(2)10-5-3-4-9(6-10)13(20)15(7-11(16)17)8-12(18)19/h3-6H,7-8H2,1-2H3,(H,16,17)(H,18,19). The first kappa shape index (κ1) is 15.5. The average molecular weight is 280 g/mol. The lowest BCUT2D eigenvalue weighted by atomic mass is 10.1. The lowest BCUT2D eigenvalue weighted by Gasteiger charge is -2.19. The number of carbonyl (C=O) groups is 3. The zero-order chi connectivity index (χ0) is 15.3. The Morgan fingerprint density at radius 2 is 1.60 bits per heavy atom. The first-order valence-corrected chi connectivity index (χ1v) is 5.81. The summed E-state index contributed by atoms with van der Waals surface area (Å²) in [5.41, 5.74) is 1.01. The Morgan fingerprint density at radius 3 is 2.05 bits per heavy atom. The fraction of sp³-hybridized carbons (Fsp3) is 0.308. The van der Waals surface area contributed by atoms with Crippen LogP contribution in [0.1, 0.15) is 10.4 Å². The predicted molar refractivity (Wildman–Crippen MR) is 71.9 cm³/mol. The Kier molecular flexibility index (Phi) is 5.08. The van der Waals surface area contributed by atoms with Gasteiger partial charge >= 0.3 is 11.9 Å². The van der Waals surface area contributed by atoms with E-state index >= 15 is 0 Å². The molecule has 0 atom stereocenters. The van der Waals surface area contributed by atoms with E-state index in [2.05, 4.69) is 0 Å². The Balaban J connectivity index is 3.01. The molecule has 7 heteroatoms. The van der Waals surface area contributed by atoms with Crippen LogP contribution >= 0.6 is 0 Å². The van der Waals surface area contributed by atoms with Crippen LogP contribution in [0.15, 0.2) is 24.3 Å². The van der Waals surface area contributed by atoms with Gasteiger partial charge in [-0.1, -0.05) is 6.07 Å². The van der Waals surface area contributed by atoms with Crippen LogP contribution in [0, 0.1) is 0 Å². The topological polar surface area (TPSA) is 98.2 Å². The van der Waals surface area contributed by atoms with Crippen LogP contribution in [0.5, 0.6) is 0 Å². The smallest absolute Gasteiger partial charge is 0.323 e. The number of nitrogens with zero attached hydrogens (tertiary/aromatic N) is 2. The molecule has 1 aromatic carbocycles. The van der Waals surface area contributed by atoms with E-state index in [1.165, 1.54) is 6.07 Å². The van der Waals surface area contributed by atoms with Gasteiger partial charge in [-0.2, -0.15) is 0 Å². The first-order valence-electron chi connectivity index (χ1n) is 5.81. The molecule has 0 saturated heterocycles. The van der Waals surface area contributed by atoms with E-state index in [1.54, 1.807) is 37.2 Å². The van der Waals surface area contributed by atoms with Crippen molar-refractivity contribution in [2.75, 3.05) is 32.1 Å². The highest BCUT2D eigenvalue weighted by Gasteiger charge is 2.21. The number of carbonyl (C=O) groups excluding carboxylic acids is 1. The summed E-state index contributed by atoms with van der Waals surface area (Å²) in [6.07, 6.45) is 0. The van der Waals surface area contributed by atoms with Crippen LogP contribution in [-0.2, 0) is 9.59 Å². The van der Waals surface area contributed by atoms with Crippen LogP contribution < -0.4 is 4.90 Å². The van der Waals surface area contributed by atoms with E-state index < -0.39 is 30.9 Å². The van der Waals surface area contributed by atoms with Gasteiger partial charge in [0.2, 0.25) is 0 Å². The zero-order valence-corrected chi connectivity index (χ0v) is 11.2. The highest BCUT2D eigenvalue weighted by atomic mass is 16.4.